The normalized spacial score (nSPS) is 17.1. The summed E-state index contributed by atoms with van der Waals surface area (Å²) in [5.74, 6) is -0.417. The zero-order valence-electron chi connectivity index (χ0n) is 20.3. The summed E-state index contributed by atoms with van der Waals surface area (Å²) in [4.78, 5) is 40.5. The molecule has 1 fully saturated rings. The van der Waals surface area contributed by atoms with Crippen molar-refractivity contribution in [1.29, 1.82) is 0 Å². The van der Waals surface area contributed by atoms with Gasteiger partial charge in [-0.3, -0.25) is 14.5 Å². The lowest BCUT2D eigenvalue weighted by Crippen LogP contribution is -2.53. The molecular formula is C27H35N3O4. The maximum absolute atomic E-state index is 13.1. The number of ether oxygens (including phenoxy) is 1. The molecule has 2 aromatic carbocycles. The molecule has 0 radical (unpaired) electrons. The Morgan fingerprint density at radius 1 is 1.00 bits per heavy atom. The van der Waals surface area contributed by atoms with Crippen LogP contribution in [-0.2, 0) is 27.4 Å². The van der Waals surface area contributed by atoms with Gasteiger partial charge in [0.05, 0.1) is 18.6 Å². The number of hydrogen-bond acceptors (Lipinski definition) is 5. The van der Waals surface area contributed by atoms with Gasteiger partial charge in [0.15, 0.2) is 5.78 Å². The lowest BCUT2D eigenvalue weighted by Gasteiger charge is -2.36. The van der Waals surface area contributed by atoms with E-state index in [1.165, 1.54) is 0 Å². The summed E-state index contributed by atoms with van der Waals surface area (Å²) in [5, 5.41) is 5.49. The SMILES string of the molecule is CC(C)(C)N1CCC[C@H]1C(=O)NCC(=O)[C@H](Cc1ccccc1)NC(=O)OCc1ccccc1. The van der Waals surface area contributed by atoms with Crippen molar-refractivity contribution in [2.75, 3.05) is 13.1 Å². The lowest BCUT2D eigenvalue weighted by atomic mass is 10.0. The fourth-order valence-electron chi connectivity index (χ4n) is 4.26. The first-order valence-electron chi connectivity index (χ1n) is 11.8. The van der Waals surface area contributed by atoms with Gasteiger partial charge in [-0.25, -0.2) is 4.79 Å². The highest BCUT2D eigenvalue weighted by Crippen LogP contribution is 2.26. The van der Waals surface area contributed by atoms with Crippen LogP contribution < -0.4 is 10.6 Å². The molecule has 1 aliphatic heterocycles. The standard InChI is InChI=1S/C27H35N3O4/c1-27(2,3)30-16-10-15-23(30)25(32)28-18-24(31)22(17-20-11-6-4-7-12-20)29-26(33)34-19-21-13-8-5-9-14-21/h4-9,11-14,22-23H,10,15-19H2,1-3H3,(H,28,32)(H,29,33)/t22-,23-/m0/s1. The first kappa shape index (κ1) is 25.4. The van der Waals surface area contributed by atoms with Gasteiger partial charge in [0, 0.05) is 5.54 Å². The first-order chi connectivity index (χ1) is 16.2. The van der Waals surface area contributed by atoms with Crippen LogP contribution in [0.15, 0.2) is 60.7 Å². The number of hydrogen-bond donors (Lipinski definition) is 2. The molecule has 2 atom stereocenters. The van der Waals surface area contributed by atoms with Crippen LogP contribution in [0.1, 0.15) is 44.7 Å². The summed E-state index contributed by atoms with van der Waals surface area (Å²) >= 11 is 0. The van der Waals surface area contributed by atoms with E-state index in [0.717, 1.165) is 30.5 Å². The van der Waals surface area contributed by atoms with Crippen LogP contribution in [0.4, 0.5) is 4.79 Å². The Balaban J connectivity index is 1.59. The number of amides is 2. The van der Waals surface area contributed by atoms with Gasteiger partial charge in [0.25, 0.3) is 0 Å². The van der Waals surface area contributed by atoms with Gasteiger partial charge in [0.2, 0.25) is 5.91 Å². The van der Waals surface area contributed by atoms with E-state index in [-0.39, 0.29) is 36.4 Å². The minimum absolute atomic E-state index is 0.111. The topological polar surface area (TPSA) is 87.7 Å². The molecule has 7 heteroatoms. The molecule has 0 bridgehead atoms. The predicted molar refractivity (Wildman–Crippen MR) is 131 cm³/mol. The molecule has 2 N–H and O–H groups in total. The van der Waals surface area contributed by atoms with Crippen molar-refractivity contribution in [2.45, 2.75) is 64.3 Å². The highest BCUT2D eigenvalue weighted by Gasteiger charge is 2.37. The molecule has 7 nitrogen and oxygen atoms in total. The second kappa shape index (κ2) is 11.8. The molecule has 2 amide bonds. The number of carbonyl (C=O) groups excluding carboxylic acids is 3. The van der Waals surface area contributed by atoms with Crippen LogP contribution >= 0.6 is 0 Å². The van der Waals surface area contributed by atoms with Crippen LogP contribution in [0.25, 0.3) is 0 Å². The summed E-state index contributed by atoms with van der Waals surface area (Å²) < 4.78 is 5.31. The third-order valence-corrected chi connectivity index (χ3v) is 6.03. The quantitative estimate of drug-likeness (QED) is 0.592. The second-order valence-electron chi connectivity index (χ2n) is 9.65. The van der Waals surface area contributed by atoms with E-state index in [4.69, 9.17) is 4.74 Å². The summed E-state index contributed by atoms with van der Waals surface area (Å²) in [6.45, 7) is 7.09. The van der Waals surface area contributed by atoms with Gasteiger partial charge in [-0.05, 0) is 57.7 Å². The monoisotopic (exact) mass is 465 g/mol. The zero-order valence-corrected chi connectivity index (χ0v) is 20.3. The Labute approximate surface area is 201 Å². The molecule has 182 valence electrons. The summed E-state index contributed by atoms with van der Waals surface area (Å²) in [5.41, 5.74) is 1.64. The van der Waals surface area contributed by atoms with Crippen LogP contribution in [0, 0.1) is 0 Å². The Morgan fingerprint density at radius 3 is 2.24 bits per heavy atom. The smallest absolute Gasteiger partial charge is 0.408 e. The van der Waals surface area contributed by atoms with Crippen molar-refractivity contribution >= 4 is 17.8 Å². The van der Waals surface area contributed by atoms with E-state index in [2.05, 4.69) is 36.3 Å². The molecule has 3 rings (SSSR count). The van der Waals surface area contributed by atoms with E-state index < -0.39 is 12.1 Å². The fourth-order valence-corrected chi connectivity index (χ4v) is 4.26. The van der Waals surface area contributed by atoms with Crippen LogP contribution in [-0.4, -0.2) is 53.4 Å². The molecule has 34 heavy (non-hydrogen) atoms. The van der Waals surface area contributed by atoms with Crippen LogP contribution in [0.3, 0.4) is 0 Å². The Bertz CT molecular complexity index is 957. The Kier molecular flexibility index (Phi) is 8.82. The van der Waals surface area contributed by atoms with Crippen molar-refractivity contribution in [2.24, 2.45) is 0 Å². The molecule has 0 unspecified atom stereocenters. The zero-order chi connectivity index (χ0) is 24.6. The Morgan fingerprint density at radius 2 is 1.62 bits per heavy atom. The molecule has 0 aliphatic carbocycles. The molecule has 1 aliphatic rings. The van der Waals surface area contributed by atoms with E-state index in [1.54, 1.807) is 0 Å². The third kappa shape index (κ3) is 7.42. The van der Waals surface area contributed by atoms with Crippen molar-refractivity contribution in [1.82, 2.24) is 15.5 Å². The van der Waals surface area contributed by atoms with Gasteiger partial charge in [0.1, 0.15) is 6.61 Å². The highest BCUT2D eigenvalue weighted by molar-refractivity contribution is 5.93. The van der Waals surface area contributed by atoms with Gasteiger partial charge in [-0.1, -0.05) is 60.7 Å². The number of ketones is 1. The van der Waals surface area contributed by atoms with Gasteiger partial charge in [-0.15, -0.1) is 0 Å². The average Bonchev–Trinajstić information content (AvgIpc) is 3.33. The number of alkyl carbamates (subject to hydrolysis) is 1. The van der Waals surface area contributed by atoms with Crippen molar-refractivity contribution in [3.05, 3.63) is 71.8 Å². The summed E-state index contributed by atoms with van der Waals surface area (Å²) in [6, 6.07) is 17.7. The van der Waals surface area contributed by atoms with E-state index in [0.29, 0.717) is 6.42 Å². The van der Waals surface area contributed by atoms with E-state index in [1.807, 2.05) is 60.7 Å². The van der Waals surface area contributed by atoms with Crippen LogP contribution in [0.2, 0.25) is 0 Å². The molecule has 1 heterocycles. The molecule has 0 saturated carbocycles. The molecule has 0 aromatic heterocycles. The lowest BCUT2D eigenvalue weighted by molar-refractivity contribution is -0.130. The van der Waals surface area contributed by atoms with E-state index >= 15 is 0 Å². The average molecular weight is 466 g/mol. The summed E-state index contributed by atoms with van der Waals surface area (Å²) in [6.07, 6.45) is 1.37. The largest absolute Gasteiger partial charge is 0.445 e. The second-order valence-corrected chi connectivity index (χ2v) is 9.65. The predicted octanol–water partition coefficient (Wildman–Crippen LogP) is 3.47. The maximum atomic E-state index is 13.1. The number of likely N-dealkylation sites (tertiary alicyclic amines) is 1. The first-order valence-corrected chi connectivity index (χ1v) is 11.8. The maximum Gasteiger partial charge on any atom is 0.408 e. The molecule has 1 saturated heterocycles. The van der Waals surface area contributed by atoms with Gasteiger partial charge in [-0.2, -0.15) is 0 Å². The third-order valence-electron chi connectivity index (χ3n) is 6.03. The van der Waals surface area contributed by atoms with Gasteiger partial charge >= 0.3 is 6.09 Å². The highest BCUT2D eigenvalue weighted by atomic mass is 16.5. The number of nitrogens with zero attached hydrogens (tertiary/aromatic N) is 1. The van der Waals surface area contributed by atoms with Crippen molar-refractivity contribution < 1.29 is 19.1 Å². The number of carbonyl (C=O) groups is 3. The van der Waals surface area contributed by atoms with E-state index in [9.17, 15) is 14.4 Å². The van der Waals surface area contributed by atoms with Crippen molar-refractivity contribution in [3.63, 3.8) is 0 Å². The minimum Gasteiger partial charge on any atom is -0.445 e. The van der Waals surface area contributed by atoms with Crippen molar-refractivity contribution in [3.8, 4) is 0 Å². The fraction of sp³-hybridized carbons (Fsp3) is 0.444. The molecule has 2 aromatic rings. The summed E-state index contributed by atoms with van der Waals surface area (Å²) in [7, 11) is 0. The number of rotatable bonds is 9. The van der Waals surface area contributed by atoms with Gasteiger partial charge < -0.3 is 15.4 Å². The number of nitrogens with one attached hydrogen (secondary N) is 2. The molecule has 0 spiro atoms. The Hall–Kier alpha value is -3.19. The minimum atomic E-state index is -0.812. The number of benzene rings is 2. The molecular weight excluding hydrogens is 430 g/mol. The van der Waals surface area contributed by atoms with Crippen LogP contribution in [0.5, 0.6) is 0 Å². The number of Topliss-reactive ketones (excluding diaryl/α,β-unsaturated/α-hetero) is 1.